The predicted octanol–water partition coefficient (Wildman–Crippen LogP) is 0.947. The summed E-state index contributed by atoms with van der Waals surface area (Å²) in [5, 5.41) is 0. The number of morpholine rings is 1. The van der Waals surface area contributed by atoms with Crippen LogP contribution >= 0.6 is 0 Å². The van der Waals surface area contributed by atoms with Crippen LogP contribution in [0.25, 0.3) is 0 Å². The number of nitrogens with zero attached hydrogens (tertiary/aromatic N) is 3. The summed E-state index contributed by atoms with van der Waals surface area (Å²) in [6, 6.07) is 0.490. The Bertz CT molecular complexity index is 513. The molecule has 0 bridgehead atoms. The molecule has 3 rings (SSSR count). The molecular weight excluding hydrogens is 350 g/mol. The largest absolute Gasteiger partial charge is 0.450 e. The van der Waals surface area contributed by atoms with Crippen molar-refractivity contribution in [1.82, 2.24) is 14.7 Å². The molecule has 0 unspecified atom stereocenters. The predicted molar refractivity (Wildman–Crippen MR) is 99.6 cm³/mol. The van der Waals surface area contributed by atoms with E-state index in [1.54, 1.807) is 7.11 Å². The Kier molecular flexibility index (Phi) is 6.94. The lowest BCUT2D eigenvalue weighted by molar-refractivity contribution is -0.157. The minimum atomic E-state index is -0.192. The van der Waals surface area contributed by atoms with Crippen molar-refractivity contribution in [3.63, 3.8) is 0 Å². The summed E-state index contributed by atoms with van der Waals surface area (Å²) < 4.78 is 16.3. The molecule has 0 radical (unpaired) electrons. The summed E-state index contributed by atoms with van der Waals surface area (Å²) in [5.41, 5.74) is -0.139. The molecule has 0 aliphatic carbocycles. The normalized spacial score (nSPS) is 24.2. The third kappa shape index (κ3) is 4.92. The zero-order valence-electron chi connectivity index (χ0n) is 16.7. The molecule has 0 aromatic carbocycles. The second-order valence-corrected chi connectivity index (χ2v) is 7.73. The SMILES string of the molecule is CCOC(=O)N1CCC(N2CCOC3(CCN(C(=O)COC)CC3)C2)CC1. The first-order valence-corrected chi connectivity index (χ1v) is 10.1. The van der Waals surface area contributed by atoms with Gasteiger partial charge < -0.3 is 24.0 Å². The fourth-order valence-corrected chi connectivity index (χ4v) is 4.50. The summed E-state index contributed by atoms with van der Waals surface area (Å²) in [7, 11) is 1.55. The van der Waals surface area contributed by atoms with Crippen molar-refractivity contribution in [2.24, 2.45) is 0 Å². The van der Waals surface area contributed by atoms with E-state index in [9.17, 15) is 9.59 Å². The maximum atomic E-state index is 12.0. The minimum Gasteiger partial charge on any atom is -0.450 e. The summed E-state index contributed by atoms with van der Waals surface area (Å²) in [6.45, 7) is 8.00. The van der Waals surface area contributed by atoms with E-state index in [2.05, 4.69) is 4.90 Å². The molecule has 2 amide bonds. The van der Waals surface area contributed by atoms with Gasteiger partial charge in [0, 0.05) is 52.4 Å². The molecule has 0 atom stereocenters. The van der Waals surface area contributed by atoms with Crippen LogP contribution in [-0.2, 0) is 19.0 Å². The van der Waals surface area contributed by atoms with E-state index >= 15 is 0 Å². The first kappa shape index (κ1) is 20.4. The Morgan fingerprint density at radius 1 is 1.07 bits per heavy atom. The third-order valence-corrected chi connectivity index (χ3v) is 6.08. The highest BCUT2D eigenvalue weighted by atomic mass is 16.6. The Morgan fingerprint density at radius 3 is 2.41 bits per heavy atom. The second kappa shape index (κ2) is 9.21. The van der Waals surface area contributed by atoms with Crippen LogP contribution in [0.2, 0.25) is 0 Å². The van der Waals surface area contributed by atoms with Gasteiger partial charge in [-0.2, -0.15) is 0 Å². The maximum Gasteiger partial charge on any atom is 0.409 e. The quantitative estimate of drug-likeness (QED) is 0.720. The van der Waals surface area contributed by atoms with Crippen LogP contribution in [0, 0.1) is 0 Å². The number of rotatable bonds is 4. The number of likely N-dealkylation sites (tertiary alicyclic amines) is 2. The standard InChI is InChI=1S/C19H33N3O5/c1-3-26-18(24)21-8-4-16(5-9-21)22-12-13-27-19(15-22)6-10-20(11-7-19)17(23)14-25-2/h16H,3-15H2,1-2H3. The number of carbonyl (C=O) groups is 2. The van der Waals surface area contributed by atoms with Gasteiger partial charge in [0.05, 0.1) is 18.8 Å². The molecule has 0 aromatic rings. The van der Waals surface area contributed by atoms with E-state index in [-0.39, 0.29) is 24.2 Å². The number of piperidine rings is 2. The lowest BCUT2D eigenvalue weighted by atomic mass is 9.88. The highest BCUT2D eigenvalue weighted by molar-refractivity contribution is 5.77. The molecule has 0 aromatic heterocycles. The number of amides is 2. The van der Waals surface area contributed by atoms with Crippen LogP contribution in [0.3, 0.4) is 0 Å². The first-order valence-electron chi connectivity index (χ1n) is 10.1. The number of carbonyl (C=O) groups excluding carboxylic acids is 2. The van der Waals surface area contributed by atoms with Gasteiger partial charge in [0.2, 0.25) is 5.91 Å². The lowest BCUT2D eigenvalue weighted by Crippen LogP contribution is -2.60. The summed E-state index contributed by atoms with van der Waals surface area (Å²) in [4.78, 5) is 30.1. The Morgan fingerprint density at radius 2 is 1.78 bits per heavy atom. The fourth-order valence-electron chi connectivity index (χ4n) is 4.50. The van der Waals surface area contributed by atoms with Crippen LogP contribution in [-0.4, -0.2) is 105 Å². The Labute approximate surface area is 161 Å². The molecule has 154 valence electrons. The van der Waals surface area contributed by atoms with Crippen molar-refractivity contribution >= 4 is 12.0 Å². The summed E-state index contributed by atoms with van der Waals surface area (Å²) >= 11 is 0. The first-order chi connectivity index (χ1) is 13.1. The molecule has 1 spiro atoms. The molecular formula is C19H33N3O5. The van der Waals surface area contributed by atoms with E-state index in [1.165, 1.54) is 0 Å². The van der Waals surface area contributed by atoms with Crippen LogP contribution in [0.15, 0.2) is 0 Å². The average Bonchev–Trinajstić information content (AvgIpc) is 2.69. The van der Waals surface area contributed by atoms with Gasteiger partial charge in [0.25, 0.3) is 0 Å². The molecule has 3 fully saturated rings. The molecule has 3 aliphatic heterocycles. The second-order valence-electron chi connectivity index (χ2n) is 7.73. The zero-order valence-corrected chi connectivity index (χ0v) is 16.7. The van der Waals surface area contributed by atoms with E-state index in [1.807, 2.05) is 16.7 Å². The Balaban J connectivity index is 1.49. The molecule has 0 saturated carbocycles. The summed E-state index contributed by atoms with van der Waals surface area (Å²) in [6.07, 6.45) is 3.52. The third-order valence-electron chi connectivity index (χ3n) is 6.08. The molecule has 3 heterocycles. The van der Waals surface area contributed by atoms with Crippen molar-refractivity contribution in [3.8, 4) is 0 Å². The minimum absolute atomic E-state index is 0.0614. The van der Waals surface area contributed by atoms with Crippen molar-refractivity contribution < 1.29 is 23.8 Å². The van der Waals surface area contributed by atoms with Crippen molar-refractivity contribution in [2.75, 3.05) is 66.2 Å². The molecule has 3 saturated heterocycles. The zero-order chi connectivity index (χ0) is 19.3. The molecule has 3 aliphatic rings. The van der Waals surface area contributed by atoms with Gasteiger partial charge in [-0.25, -0.2) is 4.79 Å². The topological polar surface area (TPSA) is 71.6 Å². The lowest BCUT2D eigenvalue weighted by Gasteiger charge is -2.50. The number of methoxy groups -OCH3 is 1. The van der Waals surface area contributed by atoms with E-state index in [0.29, 0.717) is 12.6 Å². The van der Waals surface area contributed by atoms with Crippen LogP contribution in [0.4, 0.5) is 4.79 Å². The smallest absolute Gasteiger partial charge is 0.409 e. The van der Waals surface area contributed by atoms with Crippen molar-refractivity contribution in [2.45, 2.75) is 44.2 Å². The van der Waals surface area contributed by atoms with Gasteiger partial charge in [-0.15, -0.1) is 0 Å². The van der Waals surface area contributed by atoms with E-state index in [0.717, 1.165) is 71.6 Å². The molecule has 8 heteroatoms. The number of ether oxygens (including phenoxy) is 3. The van der Waals surface area contributed by atoms with Crippen LogP contribution in [0.1, 0.15) is 32.6 Å². The van der Waals surface area contributed by atoms with Gasteiger partial charge in [-0.3, -0.25) is 9.69 Å². The van der Waals surface area contributed by atoms with E-state index < -0.39 is 0 Å². The monoisotopic (exact) mass is 383 g/mol. The Hall–Kier alpha value is -1.38. The summed E-state index contributed by atoms with van der Waals surface area (Å²) in [5.74, 6) is 0.0614. The fraction of sp³-hybridized carbons (Fsp3) is 0.895. The van der Waals surface area contributed by atoms with Gasteiger partial charge in [0.15, 0.2) is 0 Å². The highest BCUT2D eigenvalue weighted by Crippen LogP contribution is 2.32. The highest BCUT2D eigenvalue weighted by Gasteiger charge is 2.42. The number of hydrogen-bond donors (Lipinski definition) is 0. The maximum absolute atomic E-state index is 12.0. The average molecular weight is 383 g/mol. The van der Waals surface area contributed by atoms with Gasteiger partial charge in [0.1, 0.15) is 6.61 Å². The number of hydrogen-bond acceptors (Lipinski definition) is 6. The van der Waals surface area contributed by atoms with Gasteiger partial charge >= 0.3 is 6.09 Å². The van der Waals surface area contributed by atoms with Crippen LogP contribution in [0.5, 0.6) is 0 Å². The molecule has 8 nitrogen and oxygen atoms in total. The van der Waals surface area contributed by atoms with Crippen LogP contribution < -0.4 is 0 Å². The van der Waals surface area contributed by atoms with E-state index in [4.69, 9.17) is 14.2 Å². The van der Waals surface area contributed by atoms with Gasteiger partial charge in [-0.05, 0) is 32.6 Å². The van der Waals surface area contributed by atoms with Gasteiger partial charge in [-0.1, -0.05) is 0 Å². The molecule has 27 heavy (non-hydrogen) atoms. The molecule has 0 N–H and O–H groups in total. The van der Waals surface area contributed by atoms with Crippen molar-refractivity contribution in [3.05, 3.63) is 0 Å². The van der Waals surface area contributed by atoms with Crippen molar-refractivity contribution in [1.29, 1.82) is 0 Å².